The Hall–Kier alpha value is -3.62. The smallest absolute Gasteiger partial charge is 0.309 e. The van der Waals surface area contributed by atoms with Crippen LogP contribution in [0.5, 0.6) is 11.6 Å². The first kappa shape index (κ1) is 19.7. The average molecular weight is 410 g/mol. The number of hydrogen-bond donors (Lipinski definition) is 1. The van der Waals surface area contributed by atoms with Crippen molar-refractivity contribution in [2.45, 2.75) is 6.42 Å². The summed E-state index contributed by atoms with van der Waals surface area (Å²) in [5, 5.41) is 3.67. The van der Waals surface area contributed by atoms with Crippen LogP contribution in [-0.4, -0.2) is 47.7 Å². The van der Waals surface area contributed by atoms with Crippen LogP contribution in [0.15, 0.2) is 30.6 Å². The predicted molar refractivity (Wildman–Crippen MR) is 109 cm³/mol. The van der Waals surface area contributed by atoms with Gasteiger partial charge in [-0.3, -0.25) is 9.59 Å². The maximum Gasteiger partial charge on any atom is 0.309 e. The van der Waals surface area contributed by atoms with Crippen molar-refractivity contribution in [3.8, 4) is 22.9 Å². The molecule has 3 aromatic heterocycles. The van der Waals surface area contributed by atoms with Gasteiger partial charge in [-0.2, -0.15) is 0 Å². The maximum atomic E-state index is 12.4. The van der Waals surface area contributed by atoms with Gasteiger partial charge in [0.15, 0.2) is 0 Å². The molecule has 0 saturated heterocycles. The van der Waals surface area contributed by atoms with Crippen LogP contribution in [-0.2, 0) is 21.4 Å². The van der Waals surface area contributed by atoms with Gasteiger partial charge in [0.2, 0.25) is 11.8 Å². The Bertz CT molecular complexity index is 1120. The van der Waals surface area contributed by atoms with Crippen molar-refractivity contribution in [1.82, 2.24) is 14.5 Å². The summed E-state index contributed by atoms with van der Waals surface area (Å²) in [5.74, 6) is 0.179. The monoisotopic (exact) mass is 410 g/mol. The van der Waals surface area contributed by atoms with Crippen LogP contribution in [0.4, 0.5) is 5.82 Å². The molecular weight excluding hydrogens is 388 g/mol. The number of hydrogen-bond acceptors (Lipinski definition) is 7. The van der Waals surface area contributed by atoms with Crippen molar-refractivity contribution in [2.24, 2.45) is 18.9 Å². The van der Waals surface area contributed by atoms with Gasteiger partial charge < -0.3 is 24.1 Å². The normalized spacial score (nSPS) is 17.5. The summed E-state index contributed by atoms with van der Waals surface area (Å²) in [6.45, 7) is 0. The molecule has 1 aliphatic rings. The number of carbonyl (C=O) groups excluding carboxylic acids is 2. The lowest BCUT2D eigenvalue weighted by Crippen LogP contribution is -2.18. The van der Waals surface area contributed by atoms with Gasteiger partial charge in [-0.1, -0.05) is 0 Å². The predicted octanol–water partition coefficient (Wildman–Crippen LogP) is 2.40. The molecule has 1 aliphatic carbocycles. The summed E-state index contributed by atoms with van der Waals surface area (Å²) in [5.41, 5.74) is 2.44. The summed E-state index contributed by atoms with van der Waals surface area (Å²) in [4.78, 5) is 32.6. The molecule has 0 spiro atoms. The first-order valence-corrected chi connectivity index (χ1v) is 9.40. The topological polar surface area (TPSA) is 105 Å². The van der Waals surface area contributed by atoms with E-state index in [1.807, 2.05) is 17.7 Å². The van der Waals surface area contributed by atoms with Crippen LogP contribution in [0.25, 0.3) is 22.2 Å². The van der Waals surface area contributed by atoms with Crippen LogP contribution >= 0.6 is 0 Å². The van der Waals surface area contributed by atoms with Crippen LogP contribution < -0.4 is 14.8 Å². The Morgan fingerprint density at radius 3 is 2.63 bits per heavy atom. The molecule has 156 valence electrons. The second-order valence-corrected chi connectivity index (χ2v) is 7.08. The Morgan fingerprint density at radius 2 is 1.93 bits per heavy atom. The molecule has 0 radical (unpaired) electrons. The molecule has 4 rings (SSSR count). The van der Waals surface area contributed by atoms with Gasteiger partial charge in [0.1, 0.15) is 17.1 Å². The lowest BCUT2D eigenvalue weighted by Gasteiger charge is -2.12. The lowest BCUT2D eigenvalue weighted by molar-refractivity contribution is -0.143. The van der Waals surface area contributed by atoms with E-state index in [0.29, 0.717) is 23.9 Å². The third kappa shape index (κ3) is 3.32. The van der Waals surface area contributed by atoms with Gasteiger partial charge >= 0.3 is 5.97 Å². The first-order chi connectivity index (χ1) is 14.5. The van der Waals surface area contributed by atoms with Crippen LogP contribution in [0.3, 0.4) is 0 Å². The number of aromatic nitrogens is 3. The summed E-state index contributed by atoms with van der Waals surface area (Å²) in [7, 11) is 6.39. The highest BCUT2D eigenvalue weighted by molar-refractivity contribution is 5.99. The zero-order valence-corrected chi connectivity index (χ0v) is 17.1. The average Bonchev–Trinajstić information content (AvgIpc) is 3.51. The van der Waals surface area contributed by atoms with Crippen LogP contribution in [0.1, 0.15) is 6.42 Å². The summed E-state index contributed by atoms with van der Waals surface area (Å²) in [6.07, 6.45) is 3.81. The Balaban J connectivity index is 1.65. The van der Waals surface area contributed by atoms with E-state index in [9.17, 15) is 9.59 Å². The van der Waals surface area contributed by atoms with Crippen molar-refractivity contribution in [3.05, 3.63) is 30.6 Å². The fourth-order valence-electron chi connectivity index (χ4n) is 3.64. The Kier molecular flexibility index (Phi) is 5.03. The van der Waals surface area contributed by atoms with E-state index in [4.69, 9.17) is 14.2 Å². The third-order valence-corrected chi connectivity index (χ3v) is 5.36. The molecule has 2 atom stereocenters. The Labute approximate surface area is 173 Å². The van der Waals surface area contributed by atoms with Crippen molar-refractivity contribution < 1.29 is 23.8 Å². The van der Waals surface area contributed by atoms with Gasteiger partial charge in [-0.15, -0.1) is 0 Å². The van der Waals surface area contributed by atoms with Gasteiger partial charge in [-0.05, 0) is 24.6 Å². The minimum Gasteiger partial charge on any atom is -0.496 e. The number of aryl methyl sites for hydroxylation is 1. The number of ether oxygens (including phenoxy) is 3. The number of pyridine rings is 2. The molecule has 3 heterocycles. The molecule has 0 bridgehead atoms. The number of carbonyl (C=O) groups is 2. The van der Waals surface area contributed by atoms with Gasteiger partial charge in [0.25, 0.3) is 0 Å². The highest BCUT2D eigenvalue weighted by Gasteiger charge is 2.49. The number of esters is 1. The SMILES string of the molecule is COC(=O)C1CC1C(=O)Nc1cc2cc(-c3c(OC)ccnc3OC)n(C)c2cn1. The molecule has 1 amide bonds. The fourth-order valence-corrected chi connectivity index (χ4v) is 3.64. The highest BCUT2D eigenvalue weighted by Crippen LogP contribution is 2.41. The minimum atomic E-state index is -0.370. The van der Waals surface area contributed by atoms with E-state index in [1.165, 1.54) is 7.11 Å². The van der Waals surface area contributed by atoms with Gasteiger partial charge in [0, 0.05) is 18.6 Å². The van der Waals surface area contributed by atoms with E-state index in [0.717, 1.165) is 22.2 Å². The lowest BCUT2D eigenvalue weighted by atomic mass is 10.1. The maximum absolute atomic E-state index is 12.4. The van der Waals surface area contributed by atoms with E-state index in [2.05, 4.69) is 15.3 Å². The van der Waals surface area contributed by atoms with Crippen LogP contribution in [0.2, 0.25) is 0 Å². The molecule has 1 fully saturated rings. The number of methoxy groups -OCH3 is 3. The molecular formula is C21H22N4O5. The standard InChI is InChI=1S/C21H22N4O5/c1-25-14(18-16(28-2)5-6-22-20(18)29-3)7-11-8-17(23-10-15(11)25)24-19(26)12-9-13(12)21(27)30-4/h5-8,10,12-13H,9H2,1-4H3,(H,23,24,26). The number of amides is 1. The molecule has 1 saturated carbocycles. The minimum absolute atomic E-state index is 0.232. The van der Waals surface area contributed by atoms with Gasteiger partial charge in [-0.25, -0.2) is 9.97 Å². The molecule has 0 aliphatic heterocycles. The van der Waals surface area contributed by atoms with E-state index in [-0.39, 0.29) is 23.7 Å². The zero-order valence-electron chi connectivity index (χ0n) is 17.1. The van der Waals surface area contributed by atoms with E-state index < -0.39 is 0 Å². The van der Waals surface area contributed by atoms with Crippen molar-refractivity contribution in [3.63, 3.8) is 0 Å². The van der Waals surface area contributed by atoms with Gasteiger partial charge in [0.05, 0.1) is 50.6 Å². The molecule has 2 unspecified atom stereocenters. The quantitative estimate of drug-likeness (QED) is 0.622. The van der Waals surface area contributed by atoms with Crippen molar-refractivity contribution >= 4 is 28.6 Å². The number of nitrogens with one attached hydrogen (secondary N) is 1. The molecule has 9 heteroatoms. The number of nitrogens with zero attached hydrogens (tertiary/aromatic N) is 3. The third-order valence-electron chi connectivity index (χ3n) is 5.36. The first-order valence-electron chi connectivity index (χ1n) is 9.40. The second kappa shape index (κ2) is 7.66. The number of rotatable bonds is 6. The van der Waals surface area contributed by atoms with E-state index >= 15 is 0 Å². The second-order valence-electron chi connectivity index (χ2n) is 7.08. The molecule has 3 aromatic rings. The zero-order chi connectivity index (χ0) is 21.4. The molecule has 1 N–H and O–H groups in total. The number of fused-ring (bicyclic) bond motifs is 1. The van der Waals surface area contributed by atoms with Crippen molar-refractivity contribution in [2.75, 3.05) is 26.6 Å². The largest absolute Gasteiger partial charge is 0.496 e. The van der Waals surface area contributed by atoms with Crippen molar-refractivity contribution in [1.29, 1.82) is 0 Å². The van der Waals surface area contributed by atoms with E-state index in [1.54, 1.807) is 38.7 Å². The molecule has 30 heavy (non-hydrogen) atoms. The van der Waals surface area contributed by atoms with Crippen LogP contribution in [0, 0.1) is 11.8 Å². The highest BCUT2D eigenvalue weighted by atomic mass is 16.5. The molecule has 0 aromatic carbocycles. The summed E-state index contributed by atoms with van der Waals surface area (Å²) < 4.78 is 17.6. The summed E-state index contributed by atoms with van der Waals surface area (Å²) in [6, 6.07) is 5.53. The summed E-state index contributed by atoms with van der Waals surface area (Å²) >= 11 is 0. The Morgan fingerprint density at radius 1 is 1.13 bits per heavy atom. The number of anilines is 1. The fraction of sp³-hybridized carbons (Fsp3) is 0.333. The molecule has 9 nitrogen and oxygen atoms in total.